The van der Waals surface area contributed by atoms with Gasteiger partial charge in [0.1, 0.15) is 17.7 Å². The molecule has 0 bridgehead atoms. The molecule has 0 radical (unpaired) electrons. The number of aliphatic hydroxyl groups is 1. The summed E-state index contributed by atoms with van der Waals surface area (Å²) in [6.45, 7) is 2.69. The van der Waals surface area contributed by atoms with Crippen LogP contribution in [0.1, 0.15) is 42.1 Å². The number of para-hydroxylation sites is 1. The van der Waals surface area contributed by atoms with Crippen LogP contribution < -0.4 is 4.74 Å². The van der Waals surface area contributed by atoms with Crippen LogP contribution in [0.5, 0.6) is 5.75 Å². The Labute approximate surface area is 205 Å². The van der Waals surface area contributed by atoms with Gasteiger partial charge in [0.2, 0.25) is 5.91 Å². The monoisotopic (exact) mass is 475 g/mol. The maximum atomic E-state index is 14.6. The highest BCUT2D eigenvalue weighted by Crippen LogP contribution is 2.34. The molecule has 1 saturated heterocycles. The number of benzene rings is 2. The van der Waals surface area contributed by atoms with Crippen LogP contribution in [0, 0.1) is 5.82 Å². The van der Waals surface area contributed by atoms with E-state index in [2.05, 4.69) is 9.88 Å². The molecule has 35 heavy (non-hydrogen) atoms. The fraction of sp³-hybridized carbons (Fsp3) is 0.357. The van der Waals surface area contributed by atoms with Crippen molar-refractivity contribution >= 4 is 5.91 Å². The number of likely N-dealkylation sites (tertiary alicyclic amines) is 1. The van der Waals surface area contributed by atoms with Gasteiger partial charge in [-0.2, -0.15) is 0 Å². The van der Waals surface area contributed by atoms with Crippen molar-refractivity contribution in [1.82, 2.24) is 14.8 Å². The molecule has 0 unspecified atom stereocenters. The fourth-order valence-corrected chi connectivity index (χ4v) is 5.01. The zero-order chi connectivity index (χ0) is 24.3. The molecule has 0 spiro atoms. The number of pyridine rings is 1. The molecule has 0 aliphatic carbocycles. The molecule has 3 aromatic rings. The maximum absolute atomic E-state index is 14.6. The summed E-state index contributed by atoms with van der Waals surface area (Å²) in [4.78, 5) is 21.2. The third-order valence-electron chi connectivity index (χ3n) is 7.10. The summed E-state index contributed by atoms with van der Waals surface area (Å²) in [6, 6.07) is 18.2. The molecule has 1 atom stereocenters. The van der Waals surface area contributed by atoms with E-state index in [1.54, 1.807) is 24.5 Å². The van der Waals surface area contributed by atoms with Crippen molar-refractivity contribution in [3.05, 3.63) is 95.6 Å². The van der Waals surface area contributed by atoms with Crippen molar-refractivity contribution in [3.8, 4) is 5.75 Å². The van der Waals surface area contributed by atoms with Crippen LogP contribution in [0.3, 0.4) is 0 Å². The highest BCUT2D eigenvalue weighted by atomic mass is 19.1. The van der Waals surface area contributed by atoms with Gasteiger partial charge in [-0.25, -0.2) is 4.39 Å². The number of amides is 1. The topological polar surface area (TPSA) is 65.9 Å². The number of fused-ring (bicyclic) bond motifs is 1. The van der Waals surface area contributed by atoms with Gasteiger partial charge < -0.3 is 14.7 Å². The van der Waals surface area contributed by atoms with Crippen molar-refractivity contribution in [2.24, 2.45) is 0 Å². The Morgan fingerprint density at radius 3 is 2.63 bits per heavy atom. The van der Waals surface area contributed by atoms with E-state index in [9.17, 15) is 14.3 Å². The quantitative estimate of drug-likeness (QED) is 0.603. The van der Waals surface area contributed by atoms with Crippen LogP contribution in [0.2, 0.25) is 0 Å². The smallest absolute Gasteiger partial charge is 0.223 e. The zero-order valence-corrected chi connectivity index (χ0v) is 19.6. The number of carbonyl (C=O) groups excluding carboxylic acids is 1. The average molecular weight is 476 g/mol. The van der Waals surface area contributed by atoms with Crippen LogP contribution in [0.15, 0.2) is 73.1 Å². The van der Waals surface area contributed by atoms with Crippen LogP contribution in [-0.2, 0) is 16.9 Å². The second-order valence-corrected chi connectivity index (χ2v) is 9.37. The summed E-state index contributed by atoms with van der Waals surface area (Å²) in [6.07, 6.45) is 4.27. The summed E-state index contributed by atoms with van der Waals surface area (Å²) >= 11 is 0. The highest BCUT2D eigenvalue weighted by molar-refractivity contribution is 5.76. The van der Waals surface area contributed by atoms with E-state index >= 15 is 0 Å². The van der Waals surface area contributed by atoms with Gasteiger partial charge in [-0.3, -0.25) is 14.7 Å². The van der Waals surface area contributed by atoms with Gasteiger partial charge in [-0.15, -0.1) is 0 Å². The summed E-state index contributed by atoms with van der Waals surface area (Å²) in [7, 11) is 0. The number of aromatic nitrogens is 1. The van der Waals surface area contributed by atoms with Gasteiger partial charge in [0, 0.05) is 68.2 Å². The van der Waals surface area contributed by atoms with Gasteiger partial charge in [-0.1, -0.05) is 42.5 Å². The minimum atomic E-state index is -0.941. The largest absolute Gasteiger partial charge is 0.484 e. The van der Waals surface area contributed by atoms with Crippen LogP contribution in [0.25, 0.3) is 0 Å². The first kappa shape index (κ1) is 23.5. The molecule has 0 saturated carbocycles. The molecule has 1 aromatic heterocycles. The molecule has 3 heterocycles. The molecular weight excluding hydrogens is 445 g/mol. The van der Waals surface area contributed by atoms with Gasteiger partial charge >= 0.3 is 0 Å². The molecule has 2 aromatic carbocycles. The molecule has 182 valence electrons. The van der Waals surface area contributed by atoms with Crippen LogP contribution in [0.4, 0.5) is 4.39 Å². The zero-order valence-electron chi connectivity index (χ0n) is 19.6. The SMILES string of the molecule is O=C(CCN1Cc2ccccc2O[C@H](c2ccccc2F)C1)N1CCC(O)(c2cccnc2)CC1. The molecular formula is C28H30FN3O3. The Morgan fingerprint density at radius 1 is 1.09 bits per heavy atom. The van der Waals surface area contributed by atoms with Crippen molar-refractivity contribution in [3.63, 3.8) is 0 Å². The van der Waals surface area contributed by atoms with E-state index in [0.717, 1.165) is 16.9 Å². The van der Waals surface area contributed by atoms with E-state index in [1.165, 1.54) is 6.07 Å². The van der Waals surface area contributed by atoms with E-state index in [1.807, 2.05) is 47.4 Å². The molecule has 1 N–H and O–H groups in total. The predicted molar refractivity (Wildman–Crippen MR) is 130 cm³/mol. The van der Waals surface area contributed by atoms with Gasteiger partial charge in [0.25, 0.3) is 0 Å². The molecule has 6 nitrogen and oxygen atoms in total. The summed E-state index contributed by atoms with van der Waals surface area (Å²) < 4.78 is 20.8. The van der Waals surface area contributed by atoms with Crippen molar-refractivity contribution in [1.29, 1.82) is 0 Å². The second kappa shape index (κ2) is 10.1. The van der Waals surface area contributed by atoms with Gasteiger partial charge in [0.15, 0.2) is 0 Å². The number of hydrogen-bond acceptors (Lipinski definition) is 5. The first-order valence-corrected chi connectivity index (χ1v) is 12.1. The summed E-state index contributed by atoms with van der Waals surface area (Å²) in [5, 5.41) is 11.0. The lowest BCUT2D eigenvalue weighted by molar-refractivity contribution is -0.136. The Hall–Kier alpha value is -3.29. The number of nitrogens with zero attached hydrogens (tertiary/aromatic N) is 3. The average Bonchev–Trinajstić information content (AvgIpc) is 3.08. The maximum Gasteiger partial charge on any atom is 0.223 e. The Kier molecular flexibility index (Phi) is 6.79. The summed E-state index contributed by atoms with van der Waals surface area (Å²) in [5.74, 6) is 0.529. The first-order chi connectivity index (χ1) is 17.0. The molecule has 1 amide bonds. The first-order valence-electron chi connectivity index (χ1n) is 12.1. The van der Waals surface area contributed by atoms with Crippen LogP contribution >= 0.6 is 0 Å². The lowest BCUT2D eigenvalue weighted by atomic mass is 9.85. The Balaban J connectivity index is 1.23. The van der Waals surface area contributed by atoms with E-state index in [4.69, 9.17) is 4.74 Å². The molecule has 2 aliphatic rings. The molecule has 7 heteroatoms. The van der Waals surface area contributed by atoms with Crippen molar-refractivity contribution in [2.45, 2.75) is 37.5 Å². The minimum absolute atomic E-state index is 0.0686. The number of ether oxygens (including phenoxy) is 1. The fourth-order valence-electron chi connectivity index (χ4n) is 5.01. The van der Waals surface area contributed by atoms with Crippen molar-refractivity contribution < 1.29 is 19.0 Å². The van der Waals surface area contributed by atoms with Crippen LogP contribution in [-0.4, -0.2) is 52.0 Å². The number of piperidine rings is 1. The van der Waals surface area contributed by atoms with Gasteiger partial charge in [0.05, 0.1) is 5.60 Å². The Bertz CT molecular complexity index is 1160. The van der Waals surface area contributed by atoms with E-state index in [0.29, 0.717) is 57.5 Å². The van der Waals surface area contributed by atoms with Crippen molar-refractivity contribution in [2.75, 3.05) is 26.2 Å². The third kappa shape index (κ3) is 5.21. The van der Waals surface area contributed by atoms with Gasteiger partial charge in [-0.05, 0) is 31.0 Å². The minimum Gasteiger partial charge on any atom is -0.484 e. The second-order valence-electron chi connectivity index (χ2n) is 9.37. The third-order valence-corrected chi connectivity index (χ3v) is 7.10. The number of hydrogen-bond donors (Lipinski definition) is 1. The Morgan fingerprint density at radius 2 is 1.86 bits per heavy atom. The number of rotatable bonds is 5. The van der Waals surface area contributed by atoms with E-state index < -0.39 is 11.7 Å². The molecule has 2 aliphatic heterocycles. The van der Waals surface area contributed by atoms with E-state index in [-0.39, 0.29) is 11.7 Å². The number of halogens is 1. The predicted octanol–water partition coefficient (Wildman–Crippen LogP) is 4.06. The summed E-state index contributed by atoms with van der Waals surface area (Å²) in [5.41, 5.74) is 1.41. The highest BCUT2D eigenvalue weighted by Gasteiger charge is 2.35. The molecule has 5 rings (SSSR count). The number of carbonyl (C=O) groups is 1. The molecule has 1 fully saturated rings. The standard InChI is InChI=1S/C28H30FN3O3/c29-24-9-3-2-8-23(24)26-20-31(19-21-6-1-4-10-25(21)35-26)15-11-27(33)32-16-12-28(34,13-17-32)22-7-5-14-30-18-22/h1-10,14,18,26,34H,11-13,15-17,19-20H2/t26-/m0/s1. The lowest BCUT2D eigenvalue weighted by Gasteiger charge is -2.38. The lowest BCUT2D eigenvalue weighted by Crippen LogP contribution is -2.46. The normalized spacial score (nSPS) is 19.9.